The fraction of sp³-hybridized carbons (Fsp3) is 0.769. The minimum Gasteiger partial charge on any atom is -0.311 e. The number of hydrogen-bond acceptors (Lipinski definition) is 3. The summed E-state index contributed by atoms with van der Waals surface area (Å²) in [5.41, 5.74) is 1.30. The molecule has 1 aliphatic rings. The van der Waals surface area contributed by atoms with Crippen LogP contribution >= 0.6 is 0 Å². The Morgan fingerprint density at radius 2 is 2.18 bits per heavy atom. The van der Waals surface area contributed by atoms with E-state index in [0.717, 1.165) is 19.6 Å². The summed E-state index contributed by atoms with van der Waals surface area (Å²) in [5, 5.41) is 7.92. The van der Waals surface area contributed by atoms with E-state index in [2.05, 4.69) is 40.3 Å². The molecule has 1 aromatic rings. The highest BCUT2D eigenvalue weighted by Gasteiger charge is 2.17. The highest BCUT2D eigenvalue weighted by Crippen LogP contribution is 2.28. The quantitative estimate of drug-likeness (QED) is 0.762. The second-order valence-electron chi connectivity index (χ2n) is 5.25. The van der Waals surface area contributed by atoms with Crippen molar-refractivity contribution in [2.24, 2.45) is 0 Å². The van der Waals surface area contributed by atoms with Crippen LogP contribution in [0, 0.1) is 0 Å². The molecule has 1 aliphatic carbocycles. The number of rotatable bonds is 6. The Labute approximate surface area is 104 Å². The molecule has 0 aromatic carbocycles. The predicted octanol–water partition coefficient (Wildman–Crippen LogP) is 1.65. The van der Waals surface area contributed by atoms with E-state index in [9.17, 15) is 0 Å². The maximum absolute atomic E-state index is 4.48. The molecule has 1 aromatic heterocycles. The van der Waals surface area contributed by atoms with Crippen LogP contribution in [0.2, 0.25) is 0 Å². The highest BCUT2D eigenvalue weighted by molar-refractivity contribution is 5.04. The summed E-state index contributed by atoms with van der Waals surface area (Å²) in [5.74, 6) is 0. The van der Waals surface area contributed by atoms with Gasteiger partial charge < -0.3 is 10.2 Å². The lowest BCUT2D eigenvalue weighted by Gasteiger charge is -2.10. The summed E-state index contributed by atoms with van der Waals surface area (Å²) in [7, 11) is 4.19. The van der Waals surface area contributed by atoms with Crippen LogP contribution in [-0.4, -0.2) is 41.9 Å². The molecule has 4 heteroatoms. The van der Waals surface area contributed by atoms with Gasteiger partial charge in [-0.1, -0.05) is 12.8 Å². The molecule has 1 saturated carbocycles. The third-order valence-electron chi connectivity index (χ3n) is 3.42. The van der Waals surface area contributed by atoms with Crippen molar-refractivity contribution in [2.45, 2.75) is 38.3 Å². The molecule has 0 unspecified atom stereocenters. The molecule has 4 nitrogen and oxygen atoms in total. The summed E-state index contributed by atoms with van der Waals surface area (Å²) in [6.45, 7) is 3.04. The van der Waals surface area contributed by atoms with E-state index in [1.165, 1.54) is 31.2 Å². The second kappa shape index (κ2) is 6.17. The van der Waals surface area contributed by atoms with Crippen LogP contribution in [-0.2, 0) is 6.54 Å². The first-order valence-corrected chi connectivity index (χ1v) is 6.64. The Morgan fingerprint density at radius 3 is 2.88 bits per heavy atom. The number of aromatic nitrogens is 2. The molecular formula is C13H24N4. The Hall–Kier alpha value is -0.870. The molecule has 0 atom stereocenters. The minimum absolute atomic E-state index is 0.658. The minimum atomic E-state index is 0.658. The molecule has 0 radical (unpaired) electrons. The Morgan fingerprint density at radius 1 is 1.41 bits per heavy atom. The second-order valence-corrected chi connectivity index (χ2v) is 5.25. The van der Waals surface area contributed by atoms with Gasteiger partial charge in [0.1, 0.15) is 0 Å². The predicted molar refractivity (Wildman–Crippen MR) is 70.0 cm³/mol. The topological polar surface area (TPSA) is 33.1 Å². The smallest absolute Gasteiger partial charge is 0.0534 e. The van der Waals surface area contributed by atoms with Gasteiger partial charge in [-0.05, 0) is 26.9 Å². The van der Waals surface area contributed by atoms with Crippen molar-refractivity contribution in [1.82, 2.24) is 20.0 Å². The molecule has 0 spiro atoms. The van der Waals surface area contributed by atoms with Crippen molar-refractivity contribution < 1.29 is 0 Å². The van der Waals surface area contributed by atoms with Gasteiger partial charge in [0, 0.05) is 31.4 Å². The molecule has 1 heterocycles. The van der Waals surface area contributed by atoms with Gasteiger partial charge in [-0.15, -0.1) is 0 Å². The van der Waals surface area contributed by atoms with Gasteiger partial charge in [0.25, 0.3) is 0 Å². The molecule has 0 bridgehead atoms. The first kappa shape index (κ1) is 12.6. The fourth-order valence-electron chi connectivity index (χ4n) is 2.37. The van der Waals surface area contributed by atoms with E-state index in [4.69, 9.17) is 0 Å². The summed E-state index contributed by atoms with van der Waals surface area (Å²) in [4.78, 5) is 2.19. The zero-order valence-electron chi connectivity index (χ0n) is 11.0. The normalized spacial score (nSPS) is 17.1. The number of hydrogen-bond donors (Lipinski definition) is 1. The first-order chi connectivity index (χ1) is 8.25. The summed E-state index contributed by atoms with van der Waals surface area (Å²) in [6.07, 6.45) is 9.53. The van der Waals surface area contributed by atoms with Crippen molar-refractivity contribution in [3.05, 3.63) is 18.0 Å². The molecule has 2 rings (SSSR count). The number of nitrogens with one attached hydrogen (secondary N) is 1. The van der Waals surface area contributed by atoms with Crippen LogP contribution in [0.5, 0.6) is 0 Å². The third-order valence-corrected chi connectivity index (χ3v) is 3.42. The largest absolute Gasteiger partial charge is 0.311 e. The van der Waals surface area contributed by atoms with Crippen molar-refractivity contribution in [2.75, 3.05) is 27.2 Å². The lowest BCUT2D eigenvalue weighted by molar-refractivity contribution is 0.400. The average molecular weight is 236 g/mol. The van der Waals surface area contributed by atoms with E-state index < -0.39 is 0 Å². The van der Waals surface area contributed by atoms with Crippen LogP contribution in [0.4, 0.5) is 0 Å². The van der Waals surface area contributed by atoms with Crippen LogP contribution in [0.1, 0.15) is 37.3 Å². The lowest BCUT2D eigenvalue weighted by Crippen LogP contribution is -2.26. The van der Waals surface area contributed by atoms with E-state index in [1.54, 1.807) is 0 Å². The Kier molecular flexibility index (Phi) is 4.57. The van der Waals surface area contributed by atoms with Crippen LogP contribution in [0.15, 0.2) is 12.4 Å². The lowest BCUT2D eigenvalue weighted by atomic mass is 10.2. The van der Waals surface area contributed by atoms with Gasteiger partial charge in [0.2, 0.25) is 0 Å². The van der Waals surface area contributed by atoms with Gasteiger partial charge in [0.15, 0.2) is 0 Å². The van der Waals surface area contributed by atoms with E-state index in [-0.39, 0.29) is 0 Å². The average Bonchev–Trinajstić information content (AvgIpc) is 2.94. The molecule has 1 N–H and O–H groups in total. The van der Waals surface area contributed by atoms with Gasteiger partial charge in [-0.2, -0.15) is 5.10 Å². The van der Waals surface area contributed by atoms with Crippen molar-refractivity contribution in [3.8, 4) is 0 Å². The van der Waals surface area contributed by atoms with Crippen LogP contribution in [0.25, 0.3) is 0 Å². The molecule has 17 heavy (non-hydrogen) atoms. The SMILES string of the molecule is CN(C)CCNCc1cnn(C2CCCC2)c1. The van der Waals surface area contributed by atoms with Crippen molar-refractivity contribution in [1.29, 1.82) is 0 Å². The van der Waals surface area contributed by atoms with E-state index in [0.29, 0.717) is 6.04 Å². The Balaban J connectivity index is 1.74. The number of nitrogens with zero attached hydrogens (tertiary/aromatic N) is 3. The third kappa shape index (κ3) is 3.82. The molecule has 0 aliphatic heterocycles. The standard InChI is InChI=1S/C13H24N4/c1-16(2)8-7-14-9-12-10-15-17(11-12)13-5-3-4-6-13/h10-11,13-14H,3-9H2,1-2H3. The zero-order valence-corrected chi connectivity index (χ0v) is 11.0. The van der Waals surface area contributed by atoms with Gasteiger partial charge in [-0.3, -0.25) is 4.68 Å². The highest BCUT2D eigenvalue weighted by atomic mass is 15.3. The molecule has 0 saturated heterocycles. The Bertz CT molecular complexity index is 326. The van der Waals surface area contributed by atoms with E-state index in [1.807, 2.05) is 6.20 Å². The zero-order chi connectivity index (χ0) is 12.1. The van der Waals surface area contributed by atoms with Crippen LogP contribution < -0.4 is 5.32 Å². The van der Waals surface area contributed by atoms with Gasteiger partial charge >= 0.3 is 0 Å². The molecular weight excluding hydrogens is 212 g/mol. The summed E-state index contributed by atoms with van der Waals surface area (Å²) < 4.78 is 2.16. The summed E-state index contributed by atoms with van der Waals surface area (Å²) >= 11 is 0. The van der Waals surface area contributed by atoms with Gasteiger partial charge in [0.05, 0.1) is 12.2 Å². The van der Waals surface area contributed by atoms with Crippen molar-refractivity contribution >= 4 is 0 Å². The fourth-order valence-corrected chi connectivity index (χ4v) is 2.37. The number of likely N-dealkylation sites (N-methyl/N-ethyl adjacent to an activating group) is 1. The molecule has 0 amide bonds. The first-order valence-electron chi connectivity index (χ1n) is 6.64. The maximum atomic E-state index is 4.48. The van der Waals surface area contributed by atoms with E-state index >= 15 is 0 Å². The van der Waals surface area contributed by atoms with Crippen molar-refractivity contribution in [3.63, 3.8) is 0 Å². The molecule has 96 valence electrons. The monoisotopic (exact) mass is 236 g/mol. The van der Waals surface area contributed by atoms with Gasteiger partial charge in [-0.25, -0.2) is 0 Å². The molecule has 1 fully saturated rings. The van der Waals surface area contributed by atoms with Crippen LogP contribution in [0.3, 0.4) is 0 Å². The summed E-state index contributed by atoms with van der Waals surface area (Å²) in [6, 6.07) is 0.658. The maximum Gasteiger partial charge on any atom is 0.0534 e.